The van der Waals surface area contributed by atoms with Crippen LogP contribution in [0.4, 0.5) is 0 Å². The normalized spacial score (nSPS) is 29.6. The number of Topliss-reactive ketones (excluding diaryl/α,β-unsaturated/α-hetero) is 1. The maximum atomic E-state index is 11.8. The third-order valence-corrected chi connectivity index (χ3v) is 3.11. The molecule has 0 amide bonds. The van der Waals surface area contributed by atoms with E-state index >= 15 is 0 Å². The van der Waals surface area contributed by atoms with Crippen molar-refractivity contribution in [1.82, 2.24) is 9.55 Å². The molecule has 1 saturated heterocycles. The van der Waals surface area contributed by atoms with E-state index in [2.05, 4.69) is 0 Å². The number of carbonyl (C=O) groups excluding carboxylic acids is 1. The van der Waals surface area contributed by atoms with Gasteiger partial charge in [0.25, 0.3) is 5.56 Å². The van der Waals surface area contributed by atoms with Crippen molar-refractivity contribution in [1.29, 1.82) is 0 Å². The highest BCUT2D eigenvalue weighted by Crippen LogP contribution is 2.28. The minimum atomic E-state index is -1.52. The third-order valence-electron chi connectivity index (χ3n) is 3.11. The number of aliphatic hydroxyl groups excluding tert-OH is 3. The van der Waals surface area contributed by atoms with Crippen LogP contribution in [-0.2, 0) is 4.74 Å². The highest BCUT2D eigenvalue weighted by Gasteiger charge is 2.44. The first-order chi connectivity index (χ1) is 9.36. The zero-order chi connectivity index (χ0) is 15.0. The second kappa shape index (κ2) is 5.29. The number of aliphatic hydroxyl groups is 3. The van der Waals surface area contributed by atoms with Crippen LogP contribution in [0.2, 0.25) is 0 Å². The average molecular weight is 286 g/mol. The van der Waals surface area contributed by atoms with Gasteiger partial charge < -0.3 is 20.1 Å². The monoisotopic (exact) mass is 286 g/mol. The van der Waals surface area contributed by atoms with Crippen molar-refractivity contribution in [3.63, 3.8) is 0 Å². The molecule has 0 saturated carbocycles. The molecule has 4 N–H and O–H groups in total. The molecule has 110 valence electrons. The van der Waals surface area contributed by atoms with E-state index in [-0.39, 0.29) is 5.69 Å². The van der Waals surface area contributed by atoms with Crippen LogP contribution in [0, 0.1) is 0 Å². The van der Waals surface area contributed by atoms with Gasteiger partial charge in [0.15, 0.2) is 12.0 Å². The number of hydrogen-bond acceptors (Lipinski definition) is 7. The van der Waals surface area contributed by atoms with E-state index in [0.29, 0.717) is 0 Å². The van der Waals surface area contributed by atoms with Crippen LogP contribution in [0.3, 0.4) is 0 Å². The number of aromatic amines is 1. The molecule has 1 aliphatic heterocycles. The summed E-state index contributed by atoms with van der Waals surface area (Å²) in [6, 6.07) is 0.901. The van der Waals surface area contributed by atoms with Crippen molar-refractivity contribution >= 4 is 5.78 Å². The molecule has 1 fully saturated rings. The molecule has 0 spiro atoms. The lowest BCUT2D eigenvalue weighted by atomic mass is 10.1. The summed E-state index contributed by atoms with van der Waals surface area (Å²) in [5.41, 5.74) is -1.96. The predicted molar refractivity (Wildman–Crippen MR) is 64.3 cm³/mol. The fraction of sp³-hybridized carbons (Fsp3) is 0.545. The first-order valence-corrected chi connectivity index (χ1v) is 5.86. The number of hydrogen-bond donors (Lipinski definition) is 4. The van der Waals surface area contributed by atoms with Crippen molar-refractivity contribution in [2.24, 2.45) is 0 Å². The molecule has 20 heavy (non-hydrogen) atoms. The van der Waals surface area contributed by atoms with Crippen molar-refractivity contribution in [3.05, 3.63) is 32.6 Å². The van der Waals surface area contributed by atoms with Crippen LogP contribution in [0.1, 0.15) is 23.6 Å². The third kappa shape index (κ3) is 2.31. The Kier molecular flexibility index (Phi) is 3.86. The average Bonchev–Trinajstić information content (AvgIpc) is 2.65. The number of H-pyrrole nitrogens is 1. The summed E-state index contributed by atoms with van der Waals surface area (Å²) in [4.78, 5) is 36.5. The van der Waals surface area contributed by atoms with E-state index in [0.717, 1.165) is 17.6 Å². The summed E-state index contributed by atoms with van der Waals surface area (Å²) < 4.78 is 5.93. The summed E-state index contributed by atoms with van der Waals surface area (Å²) in [6.45, 7) is 0.578. The number of aromatic nitrogens is 2. The van der Waals surface area contributed by atoms with Gasteiger partial charge in [-0.2, -0.15) is 0 Å². The quantitative estimate of drug-likeness (QED) is 0.444. The molecular formula is C11H14N2O7. The lowest BCUT2D eigenvalue weighted by molar-refractivity contribution is -0.0557. The van der Waals surface area contributed by atoms with Crippen LogP contribution in [-0.4, -0.2) is 55.6 Å². The van der Waals surface area contributed by atoms with Gasteiger partial charge in [0.1, 0.15) is 18.3 Å². The Balaban J connectivity index is 2.56. The van der Waals surface area contributed by atoms with E-state index < -0.39 is 48.2 Å². The first kappa shape index (κ1) is 14.6. The van der Waals surface area contributed by atoms with Crippen molar-refractivity contribution < 1.29 is 24.9 Å². The Morgan fingerprint density at radius 2 is 2.05 bits per heavy atom. The van der Waals surface area contributed by atoms with Crippen molar-refractivity contribution in [3.8, 4) is 0 Å². The molecule has 0 radical (unpaired) electrons. The zero-order valence-electron chi connectivity index (χ0n) is 10.5. The lowest BCUT2D eigenvalue weighted by Crippen LogP contribution is -2.40. The zero-order valence-corrected chi connectivity index (χ0v) is 10.5. The molecule has 1 aromatic rings. The van der Waals surface area contributed by atoms with E-state index in [4.69, 9.17) is 9.84 Å². The second-order valence-corrected chi connectivity index (χ2v) is 4.48. The summed E-state index contributed by atoms with van der Waals surface area (Å²) in [6.07, 6.45) is -5.39. The summed E-state index contributed by atoms with van der Waals surface area (Å²) in [7, 11) is 0. The molecule has 2 unspecified atom stereocenters. The number of rotatable bonds is 3. The van der Waals surface area contributed by atoms with Crippen LogP contribution in [0.5, 0.6) is 0 Å². The molecule has 0 aliphatic carbocycles. The lowest BCUT2D eigenvalue weighted by Gasteiger charge is -2.19. The number of ether oxygens (including phenoxy) is 1. The van der Waals surface area contributed by atoms with Crippen LogP contribution in [0.15, 0.2) is 15.7 Å². The standard InChI is InChI=1S/C11H14N2O7/c1-4(15)5-2-7(16)12-11(19)13(5)10-9(18)8(17)6(3-14)20-10/h2,6,8-10,14,17-18H,3H2,1H3,(H,12,16,19)/t6-,8?,9?,10-/m0/s1. The topological polar surface area (TPSA) is 142 Å². The fourth-order valence-electron chi connectivity index (χ4n) is 2.12. The number of carbonyl (C=O) groups is 1. The van der Waals surface area contributed by atoms with Gasteiger partial charge in [-0.25, -0.2) is 4.79 Å². The smallest absolute Gasteiger partial charge is 0.331 e. The van der Waals surface area contributed by atoms with Gasteiger partial charge in [0, 0.05) is 13.0 Å². The molecule has 9 nitrogen and oxygen atoms in total. The van der Waals surface area contributed by atoms with Gasteiger partial charge in [0.2, 0.25) is 0 Å². The Bertz CT molecular complexity index is 634. The highest BCUT2D eigenvalue weighted by atomic mass is 16.6. The molecule has 2 heterocycles. The minimum Gasteiger partial charge on any atom is -0.394 e. The van der Waals surface area contributed by atoms with Gasteiger partial charge in [-0.05, 0) is 0 Å². The van der Waals surface area contributed by atoms with E-state index in [1.165, 1.54) is 0 Å². The summed E-state index contributed by atoms with van der Waals surface area (Å²) in [5.74, 6) is -0.578. The van der Waals surface area contributed by atoms with E-state index in [9.17, 15) is 24.6 Å². The van der Waals surface area contributed by atoms with Crippen LogP contribution in [0.25, 0.3) is 0 Å². The summed E-state index contributed by atoms with van der Waals surface area (Å²) in [5, 5.41) is 28.5. The summed E-state index contributed by atoms with van der Waals surface area (Å²) >= 11 is 0. The van der Waals surface area contributed by atoms with Gasteiger partial charge in [-0.3, -0.25) is 19.1 Å². The molecule has 9 heteroatoms. The van der Waals surface area contributed by atoms with Gasteiger partial charge in [-0.1, -0.05) is 0 Å². The minimum absolute atomic E-state index is 0.256. The molecule has 2 rings (SSSR count). The van der Waals surface area contributed by atoms with Crippen LogP contribution >= 0.6 is 0 Å². The van der Waals surface area contributed by atoms with E-state index in [1.807, 2.05) is 4.98 Å². The molecule has 1 aliphatic rings. The SMILES string of the molecule is CC(=O)c1cc(=O)[nH]c(=O)n1[C@H]1O[C@@H](CO)C(O)C1O. The molecule has 0 aromatic carbocycles. The van der Waals surface area contributed by atoms with Gasteiger partial charge in [-0.15, -0.1) is 0 Å². The maximum Gasteiger partial charge on any atom is 0.331 e. The largest absolute Gasteiger partial charge is 0.394 e. The maximum absolute atomic E-state index is 11.8. The molecular weight excluding hydrogens is 272 g/mol. The molecule has 1 aromatic heterocycles. The van der Waals surface area contributed by atoms with Gasteiger partial charge in [0.05, 0.1) is 12.3 Å². The predicted octanol–water partition coefficient (Wildman–Crippen LogP) is -2.65. The van der Waals surface area contributed by atoms with E-state index in [1.54, 1.807) is 0 Å². The molecule has 4 atom stereocenters. The Labute approximate surface area is 112 Å². The highest BCUT2D eigenvalue weighted by molar-refractivity contribution is 5.92. The van der Waals surface area contributed by atoms with Crippen molar-refractivity contribution in [2.75, 3.05) is 6.61 Å². The Morgan fingerprint density at radius 1 is 1.40 bits per heavy atom. The number of nitrogens with one attached hydrogen (secondary N) is 1. The Hall–Kier alpha value is -1.81. The first-order valence-electron chi connectivity index (χ1n) is 5.86. The molecule has 0 bridgehead atoms. The van der Waals surface area contributed by atoms with Gasteiger partial charge >= 0.3 is 5.69 Å². The second-order valence-electron chi connectivity index (χ2n) is 4.48. The van der Waals surface area contributed by atoms with Crippen molar-refractivity contribution in [2.45, 2.75) is 31.5 Å². The number of ketones is 1. The fourth-order valence-corrected chi connectivity index (χ4v) is 2.12. The number of nitrogens with zero attached hydrogens (tertiary/aromatic N) is 1. The Morgan fingerprint density at radius 3 is 2.55 bits per heavy atom. The van der Waals surface area contributed by atoms with Crippen LogP contribution < -0.4 is 11.2 Å².